The Kier molecular flexibility index (Phi) is 5.85. The van der Waals surface area contributed by atoms with E-state index < -0.39 is 15.2 Å². The lowest BCUT2D eigenvalue weighted by molar-refractivity contribution is -0.127. The van der Waals surface area contributed by atoms with Gasteiger partial charge in [0.05, 0.1) is 9.37 Å². The van der Waals surface area contributed by atoms with Crippen LogP contribution in [0.15, 0.2) is 27.6 Å². The summed E-state index contributed by atoms with van der Waals surface area (Å²) in [5, 5.41) is 2.72. The molecule has 0 aliphatic heterocycles. The number of nitrogens with one attached hydrogen (secondary N) is 1. The van der Waals surface area contributed by atoms with Gasteiger partial charge in [-0.1, -0.05) is 0 Å². The van der Waals surface area contributed by atoms with E-state index in [1.54, 1.807) is 6.92 Å². The Labute approximate surface area is 131 Å². The van der Waals surface area contributed by atoms with Gasteiger partial charge in [-0.15, -0.1) is 0 Å². The Morgan fingerprint density at radius 3 is 2.40 bits per heavy atom. The minimum Gasteiger partial charge on any atom is -0.480 e. The highest BCUT2D eigenvalue weighted by atomic mass is 79.9. The van der Waals surface area contributed by atoms with E-state index in [2.05, 4.69) is 21.2 Å². The number of carbonyl (C=O) groups is 1. The van der Waals surface area contributed by atoms with Gasteiger partial charge in [0, 0.05) is 16.7 Å². The number of halogens is 2. The summed E-state index contributed by atoms with van der Waals surface area (Å²) in [7, 11) is 1.45. The third-order valence-electron chi connectivity index (χ3n) is 2.29. The van der Waals surface area contributed by atoms with Crippen LogP contribution in [0.3, 0.4) is 0 Å². The van der Waals surface area contributed by atoms with Crippen LogP contribution < -0.4 is 10.1 Å². The van der Waals surface area contributed by atoms with Crippen LogP contribution in [0.5, 0.6) is 5.75 Å². The summed E-state index contributed by atoms with van der Waals surface area (Å²) in [6.07, 6.45) is -0.702. The van der Waals surface area contributed by atoms with E-state index in [9.17, 15) is 13.2 Å². The van der Waals surface area contributed by atoms with Gasteiger partial charge in [-0.3, -0.25) is 4.79 Å². The zero-order chi connectivity index (χ0) is 15.5. The van der Waals surface area contributed by atoms with Crippen LogP contribution in [0, 0.1) is 0 Å². The molecule has 0 heterocycles. The second-order valence-corrected chi connectivity index (χ2v) is 7.87. The summed E-state index contributed by atoms with van der Waals surface area (Å²) in [5.41, 5.74) is 0. The predicted octanol–water partition coefficient (Wildman–Crippen LogP) is 2.67. The standard InChI is InChI=1S/C12H15BrClNO4S/c1-7(2)15-12(16)8(3)19-11-5-4-9(6-10(11)13)20(14,17)18/h4-8H,1-3H3,(H,15,16). The average molecular weight is 385 g/mol. The van der Waals surface area contributed by atoms with Gasteiger partial charge in [0.2, 0.25) is 0 Å². The fourth-order valence-electron chi connectivity index (χ4n) is 1.37. The number of amides is 1. The number of benzene rings is 1. The van der Waals surface area contributed by atoms with Crippen molar-refractivity contribution in [3.05, 3.63) is 22.7 Å². The second-order valence-electron chi connectivity index (χ2n) is 4.45. The number of rotatable bonds is 5. The molecule has 5 nitrogen and oxygen atoms in total. The lowest BCUT2D eigenvalue weighted by Crippen LogP contribution is -2.40. The molecule has 1 unspecified atom stereocenters. The molecule has 0 bridgehead atoms. The molecule has 0 radical (unpaired) electrons. The molecular formula is C12H15BrClNO4S. The van der Waals surface area contributed by atoms with Crippen LogP contribution in [-0.2, 0) is 13.8 Å². The molecule has 20 heavy (non-hydrogen) atoms. The Morgan fingerprint density at radius 1 is 1.35 bits per heavy atom. The molecule has 1 rings (SSSR count). The molecule has 0 aliphatic rings. The molecule has 1 N–H and O–H groups in total. The largest absolute Gasteiger partial charge is 0.480 e. The van der Waals surface area contributed by atoms with Crippen LogP contribution in [0.25, 0.3) is 0 Å². The zero-order valence-electron chi connectivity index (χ0n) is 11.2. The average Bonchev–Trinajstić information content (AvgIpc) is 2.29. The number of ether oxygens (including phenoxy) is 1. The van der Waals surface area contributed by atoms with Crippen molar-refractivity contribution in [1.29, 1.82) is 0 Å². The van der Waals surface area contributed by atoms with E-state index in [4.69, 9.17) is 15.4 Å². The van der Waals surface area contributed by atoms with E-state index in [0.717, 1.165) is 0 Å². The first-order valence-corrected chi connectivity index (χ1v) is 8.92. The molecule has 0 fully saturated rings. The molecule has 1 atom stereocenters. The van der Waals surface area contributed by atoms with Gasteiger partial charge in [0.1, 0.15) is 5.75 Å². The summed E-state index contributed by atoms with van der Waals surface area (Å²) in [6, 6.07) is 4.10. The third-order valence-corrected chi connectivity index (χ3v) is 4.26. The van der Waals surface area contributed by atoms with Crippen molar-refractivity contribution in [2.45, 2.75) is 37.8 Å². The SMILES string of the molecule is CC(C)NC(=O)C(C)Oc1ccc(S(=O)(=O)Cl)cc1Br. The van der Waals surface area contributed by atoms with E-state index >= 15 is 0 Å². The summed E-state index contributed by atoms with van der Waals surface area (Å²) >= 11 is 3.19. The fourth-order valence-corrected chi connectivity index (χ4v) is 2.78. The van der Waals surface area contributed by atoms with E-state index in [0.29, 0.717) is 10.2 Å². The van der Waals surface area contributed by atoms with Crippen molar-refractivity contribution in [2.75, 3.05) is 0 Å². The Balaban J connectivity index is 2.87. The van der Waals surface area contributed by atoms with Crippen LogP contribution >= 0.6 is 26.6 Å². The summed E-state index contributed by atoms with van der Waals surface area (Å²) in [6.45, 7) is 5.30. The van der Waals surface area contributed by atoms with E-state index in [-0.39, 0.29) is 16.8 Å². The normalized spacial score (nSPS) is 13.1. The summed E-state index contributed by atoms with van der Waals surface area (Å²) in [5.74, 6) is 0.112. The van der Waals surface area contributed by atoms with E-state index in [1.165, 1.54) is 18.2 Å². The zero-order valence-corrected chi connectivity index (χ0v) is 14.3. The molecule has 0 saturated carbocycles. The monoisotopic (exact) mass is 383 g/mol. The van der Waals surface area contributed by atoms with Gasteiger partial charge >= 0.3 is 0 Å². The minimum absolute atomic E-state index is 0.0146. The second kappa shape index (κ2) is 6.78. The molecule has 0 spiro atoms. The first kappa shape index (κ1) is 17.3. The van der Waals surface area contributed by atoms with Crippen LogP contribution in [0.2, 0.25) is 0 Å². The van der Waals surface area contributed by atoms with Crippen LogP contribution in [0.4, 0.5) is 0 Å². The fraction of sp³-hybridized carbons (Fsp3) is 0.417. The first-order chi connectivity index (χ1) is 9.11. The van der Waals surface area contributed by atoms with Crippen LogP contribution in [-0.4, -0.2) is 26.5 Å². The molecule has 1 aromatic carbocycles. The highest BCUT2D eigenvalue weighted by molar-refractivity contribution is 9.10. The van der Waals surface area contributed by atoms with Crippen molar-refractivity contribution in [2.24, 2.45) is 0 Å². The Bertz CT molecular complexity index is 603. The molecule has 0 aliphatic carbocycles. The topological polar surface area (TPSA) is 72.5 Å². The Hall–Kier alpha value is -0.790. The highest BCUT2D eigenvalue weighted by Gasteiger charge is 2.18. The number of hydrogen-bond acceptors (Lipinski definition) is 4. The van der Waals surface area contributed by atoms with Gasteiger partial charge in [0.15, 0.2) is 6.10 Å². The quantitative estimate of drug-likeness (QED) is 0.792. The molecular weight excluding hydrogens is 370 g/mol. The van der Waals surface area contributed by atoms with Gasteiger partial charge in [0.25, 0.3) is 15.0 Å². The lowest BCUT2D eigenvalue weighted by atomic mass is 10.3. The minimum atomic E-state index is -3.80. The molecule has 1 amide bonds. The van der Waals surface area contributed by atoms with Gasteiger partial charge < -0.3 is 10.1 Å². The van der Waals surface area contributed by atoms with Crippen molar-refractivity contribution in [3.8, 4) is 5.75 Å². The van der Waals surface area contributed by atoms with Gasteiger partial charge in [-0.2, -0.15) is 0 Å². The molecule has 8 heteroatoms. The lowest BCUT2D eigenvalue weighted by Gasteiger charge is -2.17. The van der Waals surface area contributed by atoms with E-state index in [1.807, 2.05) is 13.8 Å². The predicted molar refractivity (Wildman–Crippen MR) is 80.5 cm³/mol. The van der Waals surface area contributed by atoms with Crippen molar-refractivity contribution in [1.82, 2.24) is 5.32 Å². The van der Waals surface area contributed by atoms with Crippen molar-refractivity contribution < 1.29 is 17.9 Å². The molecule has 1 aromatic rings. The first-order valence-electron chi connectivity index (χ1n) is 5.82. The summed E-state index contributed by atoms with van der Waals surface area (Å²) in [4.78, 5) is 11.7. The van der Waals surface area contributed by atoms with Crippen LogP contribution in [0.1, 0.15) is 20.8 Å². The van der Waals surface area contributed by atoms with Gasteiger partial charge in [-0.25, -0.2) is 8.42 Å². The number of hydrogen-bond donors (Lipinski definition) is 1. The maximum atomic E-state index is 11.7. The summed E-state index contributed by atoms with van der Waals surface area (Å²) < 4.78 is 28.3. The van der Waals surface area contributed by atoms with Gasteiger partial charge in [-0.05, 0) is 54.9 Å². The van der Waals surface area contributed by atoms with Crippen molar-refractivity contribution in [3.63, 3.8) is 0 Å². The molecule has 112 valence electrons. The molecule has 0 saturated heterocycles. The maximum Gasteiger partial charge on any atom is 0.261 e. The van der Waals surface area contributed by atoms with Crippen molar-refractivity contribution >= 4 is 41.6 Å². The third kappa shape index (κ3) is 4.96. The number of carbonyl (C=O) groups excluding carboxylic acids is 1. The smallest absolute Gasteiger partial charge is 0.261 e. The molecule has 0 aromatic heterocycles. The maximum absolute atomic E-state index is 11.7. The highest BCUT2D eigenvalue weighted by Crippen LogP contribution is 2.29. The Morgan fingerprint density at radius 2 is 1.95 bits per heavy atom.